The van der Waals surface area contributed by atoms with E-state index in [1.54, 1.807) is 0 Å². The van der Waals surface area contributed by atoms with Gasteiger partial charge in [0, 0.05) is 37.3 Å². The van der Waals surface area contributed by atoms with E-state index in [0.29, 0.717) is 38.8 Å². The van der Waals surface area contributed by atoms with Crippen LogP contribution in [0.4, 0.5) is 0 Å². The van der Waals surface area contributed by atoms with Crippen LogP contribution >= 0.6 is 0 Å². The highest BCUT2D eigenvalue weighted by atomic mass is 16.7. The van der Waals surface area contributed by atoms with Crippen LogP contribution in [0.2, 0.25) is 0 Å². The van der Waals surface area contributed by atoms with Gasteiger partial charge in [0.15, 0.2) is 5.82 Å². The second kappa shape index (κ2) is 13.7. The van der Waals surface area contributed by atoms with Gasteiger partial charge in [-0.2, -0.15) is 0 Å². The Morgan fingerprint density at radius 3 is 2.10 bits per heavy atom. The van der Waals surface area contributed by atoms with Crippen molar-refractivity contribution in [3.8, 4) is 22.5 Å². The zero-order valence-corrected chi connectivity index (χ0v) is 23.9. The van der Waals surface area contributed by atoms with E-state index in [1.165, 1.54) is 0 Å². The van der Waals surface area contributed by atoms with Crippen LogP contribution in [0.3, 0.4) is 0 Å². The Kier molecular flexibility index (Phi) is 9.40. The fourth-order valence-corrected chi connectivity index (χ4v) is 5.53. The van der Waals surface area contributed by atoms with E-state index in [9.17, 15) is 5.11 Å². The van der Waals surface area contributed by atoms with Crippen LogP contribution in [0, 0.1) is 5.41 Å². The predicted molar refractivity (Wildman–Crippen MR) is 161 cm³/mol. The van der Waals surface area contributed by atoms with Gasteiger partial charge in [0.1, 0.15) is 0 Å². The summed E-state index contributed by atoms with van der Waals surface area (Å²) in [5.41, 5.74) is 4.52. The van der Waals surface area contributed by atoms with Crippen molar-refractivity contribution in [3.05, 3.63) is 102 Å². The Balaban J connectivity index is 1.26. The molecule has 0 saturated carbocycles. The minimum Gasteiger partial charge on any atom is -0.396 e. The first-order chi connectivity index (χ1) is 20.7. The lowest BCUT2D eigenvalue weighted by Crippen LogP contribution is -2.46. The normalized spacial score (nSPS) is 21.4. The van der Waals surface area contributed by atoms with Gasteiger partial charge in [-0.1, -0.05) is 91.0 Å². The highest BCUT2D eigenvalue weighted by Gasteiger charge is 2.40. The predicted octanol–water partition coefficient (Wildman–Crippen LogP) is 4.64. The van der Waals surface area contributed by atoms with Crippen molar-refractivity contribution in [2.75, 3.05) is 65.9 Å². The van der Waals surface area contributed by atoms with Gasteiger partial charge in [-0.25, -0.2) is 4.98 Å². The summed E-state index contributed by atoms with van der Waals surface area (Å²) in [6, 6.07) is 30.9. The molecule has 42 heavy (non-hydrogen) atoms. The summed E-state index contributed by atoms with van der Waals surface area (Å²) < 4.78 is 26.4. The Hall–Kier alpha value is -3.37. The molecule has 2 aliphatic heterocycles. The maximum absolute atomic E-state index is 10.4. The first kappa shape index (κ1) is 28.7. The third-order valence-corrected chi connectivity index (χ3v) is 7.97. The van der Waals surface area contributed by atoms with Crippen LogP contribution in [-0.4, -0.2) is 85.4 Å². The van der Waals surface area contributed by atoms with Gasteiger partial charge in [-0.3, -0.25) is 4.90 Å². The molecule has 2 saturated heterocycles. The molecule has 2 aliphatic rings. The van der Waals surface area contributed by atoms with Crippen molar-refractivity contribution in [2.24, 2.45) is 5.41 Å². The number of aliphatic hydroxyl groups excluding tert-OH is 1. The second-order valence-electron chi connectivity index (χ2n) is 11.1. The highest BCUT2D eigenvalue weighted by molar-refractivity contribution is 5.79. The Morgan fingerprint density at radius 1 is 0.833 bits per heavy atom. The Bertz CT molecular complexity index is 1380. The van der Waals surface area contributed by atoms with Gasteiger partial charge in [0.2, 0.25) is 6.29 Å². The van der Waals surface area contributed by atoms with Crippen LogP contribution < -0.4 is 0 Å². The van der Waals surface area contributed by atoms with E-state index in [0.717, 1.165) is 60.9 Å². The van der Waals surface area contributed by atoms with E-state index in [4.69, 9.17) is 23.9 Å². The van der Waals surface area contributed by atoms with E-state index in [-0.39, 0.29) is 6.61 Å². The molecule has 6 rings (SSSR count). The average molecular weight is 570 g/mol. The molecular formula is C34H39N3O5. The van der Waals surface area contributed by atoms with Gasteiger partial charge in [0.05, 0.1) is 63.1 Å². The number of morpholine rings is 1. The molecule has 2 fully saturated rings. The van der Waals surface area contributed by atoms with Gasteiger partial charge < -0.3 is 28.6 Å². The summed E-state index contributed by atoms with van der Waals surface area (Å²) >= 11 is 0. The lowest BCUT2D eigenvalue weighted by atomic mass is 9.91. The average Bonchev–Trinajstić information content (AvgIpc) is 3.44. The molecule has 0 unspecified atom stereocenters. The molecular weight excluding hydrogens is 530 g/mol. The van der Waals surface area contributed by atoms with Crippen molar-refractivity contribution in [3.63, 3.8) is 0 Å². The number of imidazole rings is 1. The van der Waals surface area contributed by atoms with Gasteiger partial charge in [-0.05, 0) is 5.56 Å². The number of nitrogens with zero attached hydrogens (tertiary/aromatic N) is 3. The van der Waals surface area contributed by atoms with Crippen LogP contribution in [-0.2, 0) is 25.5 Å². The molecule has 0 atom stereocenters. The largest absolute Gasteiger partial charge is 0.396 e. The lowest BCUT2D eigenvalue weighted by molar-refractivity contribution is -0.254. The Labute approximate surface area is 247 Å². The van der Waals surface area contributed by atoms with E-state index in [2.05, 4.69) is 58.0 Å². The summed E-state index contributed by atoms with van der Waals surface area (Å²) in [5, 5.41) is 10.4. The molecule has 0 radical (unpaired) electrons. The summed E-state index contributed by atoms with van der Waals surface area (Å²) in [7, 11) is 0. The smallest absolute Gasteiger partial charge is 0.217 e. The maximum atomic E-state index is 10.4. The van der Waals surface area contributed by atoms with Crippen molar-refractivity contribution in [2.45, 2.75) is 12.8 Å². The molecule has 4 aromatic rings. The number of hydrogen-bond donors (Lipinski definition) is 1. The summed E-state index contributed by atoms with van der Waals surface area (Å²) in [5.74, 6) is 0.705. The van der Waals surface area contributed by atoms with Gasteiger partial charge >= 0.3 is 0 Å². The number of hydrogen-bond acceptors (Lipinski definition) is 7. The summed E-state index contributed by atoms with van der Waals surface area (Å²) in [6.45, 7) is 6.33. The van der Waals surface area contributed by atoms with E-state index in [1.807, 2.05) is 42.5 Å². The van der Waals surface area contributed by atoms with Crippen LogP contribution in [0.15, 0.2) is 91.0 Å². The standard InChI is InChI=1S/C34H39N3O5/c38-23-34(24-40-21-18-36-16-19-39-20-17-36)25-41-33(42-26-34)32-35-30(28-12-6-2-7-13-28)31(29-14-8-3-9-15-29)37(32)22-27-10-4-1-5-11-27/h1-15,33,38H,16-26H2. The van der Waals surface area contributed by atoms with Crippen molar-refractivity contribution in [1.29, 1.82) is 0 Å². The van der Waals surface area contributed by atoms with Crippen molar-refractivity contribution < 1.29 is 24.1 Å². The molecule has 0 bridgehead atoms. The fourth-order valence-electron chi connectivity index (χ4n) is 5.53. The SMILES string of the molecule is OCC1(COCCN2CCOCC2)COC(c2nc(-c3ccccc3)c(-c3ccccc3)n2Cc2ccccc2)OC1. The highest BCUT2D eigenvalue weighted by Crippen LogP contribution is 2.38. The number of aliphatic hydroxyl groups is 1. The molecule has 0 spiro atoms. The molecule has 1 N–H and O–H groups in total. The topological polar surface area (TPSA) is 78.2 Å². The molecule has 8 heteroatoms. The van der Waals surface area contributed by atoms with Crippen molar-refractivity contribution in [1.82, 2.24) is 14.5 Å². The molecule has 0 amide bonds. The first-order valence-corrected chi connectivity index (χ1v) is 14.7. The summed E-state index contributed by atoms with van der Waals surface area (Å²) in [6.07, 6.45) is -0.679. The molecule has 8 nitrogen and oxygen atoms in total. The maximum Gasteiger partial charge on any atom is 0.217 e. The third kappa shape index (κ3) is 6.65. The van der Waals surface area contributed by atoms with E-state index >= 15 is 0 Å². The molecule has 0 aliphatic carbocycles. The number of ether oxygens (including phenoxy) is 4. The molecule has 3 heterocycles. The van der Waals surface area contributed by atoms with Crippen LogP contribution in [0.5, 0.6) is 0 Å². The monoisotopic (exact) mass is 569 g/mol. The molecule has 3 aromatic carbocycles. The first-order valence-electron chi connectivity index (χ1n) is 14.7. The van der Waals surface area contributed by atoms with Gasteiger partial charge in [-0.15, -0.1) is 0 Å². The number of aromatic nitrogens is 2. The number of benzene rings is 3. The minimum atomic E-state index is -0.679. The lowest BCUT2D eigenvalue weighted by Gasteiger charge is -2.38. The minimum absolute atomic E-state index is 0.0831. The number of rotatable bonds is 11. The zero-order valence-electron chi connectivity index (χ0n) is 23.9. The van der Waals surface area contributed by atoms with Gasteiger partial charge in [0.25, 0.3) is 0 Å². The summed E-state index contributed by atoms with van der Waals surface area (Å²) in [4.78, 5) is 7.51. The molecule has 220 valence electrons. The third-order valence-electron chi connectivity index (χ3n) is 7.97. The zero-order chi connectivity index (χ0) is 28.6. The van der Waals surface area contributed by atoms with E-state index < -0.39 is 11.7 Å². The van der Waals surface area contributed by atoms with Crippen LogP contribution in [0.1, 0.15) is 17.7 Å². The quantitative estimate of drug-likeness (QED) is 0.264. The van der Waals surface area contributed by atoms with Crippen molar-refractivity contribution >= 4 is 0 Å². The fraction of sp³-hybridized carbons (Fsp3) is 0.382. The molecule has 1 aromatic heterocycles. The Morgan fingerprint density at radius 2 is 1.45 bits per heavy atom. The second-order valence-corrected chi connectivity index (χ2v) is 11.1. The van der Waals surface area contributed by atoms with Crippen LogP contribution in [0.25, 0.3) is 22.5 Å².